The summed E-state index contributed by atoms with van der Waals surface area (Å²) in [5, 5.41) is 10.7. The monoisotopic (exact) mass is 223 g/mol. The van der Waals surface area contributed by atoms with Crippen LogP contribution in [0.4, 0.5) is 17.1 Å². The van der Waals surface area contributed by atoms with Gasteiger partial charge in [-0.3, -0.25) is 10.1 Å². The number of nitrogens with zero attached hydrogens (tertiary/aromatic N) is 2. The van der Waals surface area contributed by atoms with Gasteiger partial charge < -0.3 is 10.6 Å². The Bertz CT molecular complexity index is 393. The average Bonchev–Trinajstić information content (AvgIpc) is 2.26. The van der Waals surface area contributed by atoms with Crippen LogP contribution in [0.1, 0.15) is 20.3 Å². The Labute approximate surface area is 95.0 Å². The van der Waals surface area contributed by atoms with Gasteiger partial charge in [0.25, 0.3) is 5.69 Å². The van der Waals surface area contributed by atoms with Crippen molar-refractivity contribution < 1.29 is 4.92 Å². The Morgan fingerprint density at radius 1 is 1.50 bits per heavy atom. The van der Waals surface area contributed by atoms with E-state index in [0.717, 1.165) is 12.1 Å². The zero-order chi connectivity index (χ0) is 12.3. The van der Waals surface area contributed by atoms with Crippen molar-refractivity contribution in [3.63, 3.8) is 0 Å². The van der Waals surface area contributed by atoms with Crippen molar-refractivity contribution in [3.8, 4) is 0 Å². The minimum Gasteiger partial charge on any atom is -0.398 e. The number of nitrogens with two attached hydrogens (primary N) is 1. The second kappa shape index (κ2) is 4.83. The average molecular weight is 223 g/mol. The van der Waals surface area contributed by atoms with E-state index >= 15 is 0 Å². The molecule has 5 heteroatoms. The quantitative estimate of drug-likeness (QED) is 0.483. The van der Waals surface area contributed by atoms with Gasteiger partial charge in [0.15, 0.2) is 0 Å². The van der Waals surface area contributed by atoms with E-state index in [4.69, 9.17) is 5.73 Å². The van der Waals surface area contributed by atoms with Crippen molar-refractivity contribution in [3.05, 3.63) is 28.3 Å². The van der Waals surface area contributed by atoms with Gasteiger partial charge >= 0.3 is 0 Å². The molecule has 88 valence electrons. The van der Waals surface area contributed by atoms with E-state index in [9.17, 15) is 10.1 Å². The zero-order valence-electron chi connectivity index (χ0n) is 9.80. The van der Waals surface area contributed by atoms with Gasteiger partial charge in [0, 0.05) is 36.6 Å². The second-order valence-electron chi connectivity index (χ2n) is 3.91. The number of non-ortho nitro benzene ring substituents is 1. The third-order valence-corrected chi connectivity index (χ3v) is 2.79. The largest absolute Gasteiger partial charge is 0.398 e. The molecule has 1 rings (SSSR count). The molecule has 2 N–H and O–H groups in total. The van der Waals surface area contributed by atoms with Crippen LogP contribution in [0, 0.1) is 10.1 Å². The minimum absolute atomic E-state index is 0.0325. The number of anilines is 2. The van der Waals surface area contributed by atoms with Crippen LogP contribution in [-0.2, 0) is 0 Å². The second-order valence-corrected chi connectivity index (χ2v) is 3.91. The zero-order valence-corrected chi connectivity index (χ0v) is 9.80. The fourth-order valence-electron chi connectivity index (χ4n) is 1.46. The van der Waals surface area contributed by atoms with Gasteiger partial charge in [-0.15, -0.1) is 0 Å². The van der Waals surface area contributed by atoms with Gasteiger partial charge in [-0.05, 0) is 19.4 Å². The van der Waals surface area contributed by atoms with Crippen LogP contribution >= 0.6 is 0 Å². The fraction of sp³-hybridized carbons (Fsp3) is 0.455. The van der Waals surface area contributed by atoms with Crippen LogP contribution in [0.2, 0.25) is 0 Å². The first-order chi connectivity index (χ1) is 7.45. The molecule has 0 aliphatic heterocycles. The van der Waals surface area contributed by atoms with Crippen LogP contribution in [0.25, 0.3) is 0 Å². The molecule has 16 heavy (non-hydrogen) atoms. The lowest BCUT2D eigenvalue weighted by Gasteiger charge is -2.26. The Kier molecular flexibility index (Phi) is 3.71. The third-order valence-electron chi connectivity index (χ3n) is 2.79. The summed E-state index contributed by atoms with van der Waals surface area (Å²) < 4.78 is 0. The molecule has 0 amide bonds. The summed E-state index contributed by atoms with van der Waals surface area (Å²) >= 11 is 0. The van der Waals surface area contributed by atoms with Crippen LogP contribution in [0.3, 0.4) is 0 Å². The van der Waals surface area contributed by atoms with Gasteiger partial charge in [0.2, 0.25) is 0 Å². The lowest BCUT2D eigenvalue weighted by molar-refractivity contribution is -0.384. The number of benzene rings is 1. The fourth-order valence-corrected chi connectivity index (χ4v) is 1.46. The standard InChI is InChI=1S/C11H17N3O2/c1-4-8(2)13(3)10-5-9(12)6-11(7-10)14(15)16/h5-8H,4,12H2,1-3H3. The summed E-state index contributed by atoms with van der Waals surface area (Å²) in [5.41, 5.74) is 6.87. The van der Waals surface area contributed by atoms with Gasteiger partial charge in [0.1, 0.15) is 0 Å². The van der Waals surface area contributed by atoms with Gasteiger partial charge in [0.05, 0.1) is 4.92 Å². The maximum atomic E-state index is 10.7. The maximum Gasteiger partial charge on any atom is 0.273 e. The van der Waals surface area contributed by atoms with E-state index in [1.165, 1.54) is 6.07 Å². The highest BCUT2D eigenvalue weighted by atomic mass is 16.6. The van der Waals surface area contributed by atoms with E-state index in [0.29, 0.717) is 11.7 Å². The molecular weight excluding hydrogens is 206 g/mol. The number of nitrogen functional groups attached to an aromatic ring is 1. The first-order valence-corrected chi connectivity index (χ1v) is 5.23. The van der Waals surface area contributed by atoms with Crippen molar-refractivity contribution in [1.82, 2.24) is 0 Å². The molecule has 1 aromatic carbocycles. The predicted octanol–water partition coefficient (Wildman–Crippen LogP) is 2.41. The number of rotatable bonds is 4. The number of hydrogen-bond acceptors (Lipinski definition) is 4. The molecule has 0 aromatic heterocycles. The highest BCUT2D eigenvalue weighted by Gasteiger charge is 2.13. The van der Waals surface area contributed by atoms with Crippen LogP contribution in [-0.4, -0.2) is 18.0 Å². The van der Waals surface area contributed by atoms with Crippen molar-refractivity contribution >= 4 is 17.1 Å². The number of nitro groups is 1. The van der Waals surface area contributed by atoms with Crippen LogP contribution < -0.4 is 10.6 Å². The third kappa shape index (κ3) is 2.62. The maximum absolute atomic E-state index is 10.7. The topological polar surface area (TPSA) is 72.4 Å². The molecular formula is C11H17N3O2. The molecule has 0 fully saturated rings. The lowest BCUT2D eigenvalue weighted by Crippen LogP contribution is -2.28. The van der Waals surface area contributed by atoms with Crippen molar-refractivity contribution in [2.24, 2.45) is 0 Å². The number of nitro benzene ring substituents is 1. The molecule has 1 aromatic rings. The summed E-state index contributed by atoms with van der Waals surface area (Å²) in [5.74, 6) is 0. The molecule has 5 nitrogen and oxygen atoms in total. The SMILES string of the molecule is CCC(C)N(C)c1cc(N)cc([N+](=O)[O-])c1. The van der Waals surface area contributed by atoms with E-state index in [1.807, 2.05) is 11.9 Å². The van der Waals surface area contributed by atoms with Crippen molar-refractivity contribution in [2.75, 3.05) is 17.7 Å². The van der Waals surface area contributed by atoms with Gasteiger partial charge in [-0.2, -0.15) is 0 Å². The van der Waals surface area contributed by atoms with Gasteiger partial charge in [-0.25, -0.2) is 0 Å². The van der Waals surface area contributed by atoms with Crippen LogP contribution in [0.15, 0.2) is 18.2 Å². The molecule has 0 saturated carbocycles. The predicted molar refractivity (Wildman–Crippen MR) is 65.7 cm³/mol. The summed E-state index contributed by atoms with van der Waals surface area (Å²) in [6.07, 6.45) is 0.971. The molecule has 0 saturated heterocycles. The Hall–Kier alpha value is -1.78. The molecule has 0 bridgehead atoms. The van der Waals surface area contributed by atoms with E-state index in [1.54, 1.807) is 12.1 Å². The molecule has 1 unspecified atom stereocenters. The van der Waals surface area contributed by atoms with Crippen molar-refractivity contribution in [1.29, 1.82) is 0 Å². The van der Waals surface area contributed by atoms with E-state index in [-0.39, 0.29) is 5.69 Å². The highest BCUT2D eigenvalue weighted by molar-refractivity contribution is 5.62. The first-order valence-electron chi connectivity index (χ1n) is 5.23. The van der Waals surface area contributed by atoms with E-state index < -0.39 is 4.92 Å². The molecule has 0 radical (unpaired) electrons. The van der Waals surface area contributed by atoms with Gasteiger partial charge in [-0.1, -0.05) is 6.92 Å². The lowest BCUT2D eigenvalue weighted by atomic mass is 10.2. The van der Waals surface area contributed by atoms with Crippen LogP contribution in [0.5, 0.6) is 0 Å². The minimum atomic E-state index is -0.426. The normalized spacial score (nSPS) is 12.2. The Morgan fingerprint density at radius 2 is 2.12 bits per heavy atom. The molecule has 0 aliphatic rings. The summed E-state index contributed by atoms with van der Waals surface area (Å²) in [7, 11) is 1.91. The smallest absolute Gasteiger partial charge is 0.273 e. The highest BCUT2D eigenvalue weighted by Crippen LogP contribution is 2.26. The van der Waals surface area contributed by atoms with Crippen molar-refractivity contribution in [2.45, 2.75) is 26.3 Å². The Morgan fingerprint density at radius 3 is 2.62 bits per heavy atom. The summed E-state index contributed by atoms with van der Waals surface area (Å²) in [4.78, 5) is 12.3. The first kappa shape index (κ1) is 12.3. The molecule has 0 heterocycles. The number of hydrogen-bond donors (Lipinski definition) is 1. The molecule has 1 atom stereocenters. The Balaban J connectivity index is 3.09. The molecule has 0 aliphatic carbocycles. The van der Waals surface area contributed by atoms with E-state index in [2.05, 4.69) is 13.8 Å². The molecule has 0 spiro atoms. The summed E-state index contributed by atoms with van der Waals surface area (Å²) in [6, 6.07) is 4.98. The summed E-state index contributed by atoms with van der Waals surface area (Å²) in [6.45, 7) is 4.14.